The number of hydrogen-bond donors (Lipinski definition) is 1. The molecule has 1 aliphatic rings. The smallest absolute Gasteiger partial charge is 0.166 e. The van der Waals surface area contributed by atoms with Crippen molar-refractivity contribution in [1.82, 2.24) is 5.32 Å². The van der Waals surface area contributed by atoms with E-state index < -0.39 is 0 Å². The molecule has 0 heterocycles. The van der Waals surface area contributed by atoms with E-state index >= 15 is 0 Å². The average Bonchev–Trinajstić information content (AvgIpc) is 2.52. The molecule has 2 rings (SSSR count). The Kier molecular flexibility index (Phi) is 6.61. The summed E-state index contributed by atoms with van der Waals surface area (Å²) >= 11 is 0. The molecule has 1 unspecified atom stereocenters. The van der Waals surface area contributed by atoms with Crippen molar-refractivity contribution in [3.05, 3.63) is 35.9 Å². The molecular formula is C18H27NO2. The Morgan fingerprint density at radius 2 is 2.19 bits per heavy atom. The van der Waals surface area contributed by atoms with Crippen LogP contribution in [-0.2, 0) is 6.54 Å². The molecule has 21 heavy (non-hydrogen) atoms. The van der Waals surface area contributed by atoms with Gasteiger partial charge in [0.15, 0.2) is 11.5 Å². The zero-order valence-electron chi connectivity index (χ0n) is 13.2. The van der Waals surface area contributed by atoms with Crippen molar-refractivity contribution >= 4 is 0 Å². The highest BCUT2D eigenvalue weighted by atomic mass is 16.5. The predicted octanol–water partition coefficient (Wildman–Crippen LogP) is 4.07. The summed E-state index contributed by atoms with van der Waals surface area (Å²) in [5.74, 6) is 1.76. The summed E-state index contributed by atoms with van der Waals surface area (Å²) < 4.78 is 12.0. The van der Waals surface area contributed by atoms with Crippen LogP contribution in [-0.4, -0.2) is 19.3 Å². The number of para-hydroxylation sites is 1. The molecule has 1 atom stereocenters. The first-order valence-corrected chi connectivity index (χ1v) is 8.13. The van der Waals surface area contributed by atoms with Crippen molar-refractivity contribution in [2.75, 3.05) is 13.2 Å². The fourth-order valence-corrected chi connectivity index (χ4v) is 2.53. The Morgan fingerprint density at radius 1 is 1.29 bits per heavy atom. The molecule has 1 aromatic rings. The molecule has 116 valence electrons. The van der Waals surface area contributed by atoms with E-state index in [-0.39, 0.29) is 6.10 Å². The second-order valence-electron chi connectivity index (χ2n) is 5.37. The maximum Gasteiger partial charge on any atom is 0.166 e. The van der Waals surface area contributed by atoms with E-state index in [1.165, 1.54) is 12.0 Å². The lowest BCUT2D eigenvalue weighted by molar-refractivity contribution is 0.211. The van der Waals surface area contributed by atoms with E-state index in [2.05, 4.69) is 30.5 Å². The van der Waals surface area contributed by atoms with Crippen molar-refractivity contribution in [2.45, 2.75) is 52.2 Å². The Labute approximate surface area is 128 Å². The fraction of sp³-hybridized carbons (Fsp3) is 0.556. The maximum absolute atomic E-state index is 6.25. The Bertz CT molecular complexity index is 457. The van der Waals surface area contributed by atoms with Crippen LogP contribution in [0.2, 0.25) is 0 Å². The lowest BCUT2D eigenvalue weighted by atomic mass is 10.1. The van der Waals surface area contributed by atoms with Gasteiger partial charge in [0.2, 0.25) is 0 Å². The second-order valence-corrected chi connectivity index (χ2v) is 5.37. The van der Waals surface area contributed by atoms with Gasteiger partial charge in [0, 0.05) is 12.1 Å². The fourth-order valence-electron chi connectivity index (χ4n) is 2.53. The largest absolute Gasteiger partial charge is 0.490 e. The number of nitrogens with one attached hydrogen (secondary N) is 1. The quantitative estimate of drug-likeness (QED) is 0.578. The zero-order chi connectivity index (χ0) is 14.9. The van der Waals surface area contributed by atoms with Gasteiger partial charge in [-0.2, -0.15) is 0 Å². The zero-order valence-corrected chi connectivity index (χ0v) is 13.2. The van der Waals surface area contributed by atoms with Crippen molar-refractivity contribution in [1.29, 1.82) is 0 Å². The highest BCUT2D eigenvalue weighted by molar-refractivity contribution is 5.47. The van der Waals surface area contributed by atoms with E-state index in [1.54, 1.807) is 0 Å². The van der Waals surface area contributed by atoms with E-state index in [4.69, 9.17) is 9.47 Å². The van der Waals surface area contributed by atoms with Crippen molar-refractivity contribution < 1.29 is 9.47 Å². The molecule has 1 aromatic carbocycles. The van der Waals surface area contributed by atoms with Gasteiger partial charge < -0.3 is 14.8 Å². The molecule has 0 spiro atoms. The van der Waals surface area contributed by atoms with Gasteiger partial charge in [-0.1, -0.05) is 25.1 Å². The van der Waals surface area contributed by atoms with Crippen LogP contribution in [0.3, 0.4) is 0 Å². The highest BCUT2D eigenvalue weighted by Gasteiger charge is 2.16. The molecule has 0 aliphatic heterocycles. The molecule has 0 aromatic heterocycles. The second kappa shape index (κ2) is 8.73. The van der Waals surface area contributed by atoms with E-state index in [9.17, 15) is 0 Å². The SMILES string of the molecule is CCCNCc1cccc(OCC)c1OC1C=CCCC1. The molecule has 0 radical (unpaired) electrons. The normalized spacial score (nSPS) is 17.7. The number of rotatable bonds is 8. The lowest BCUT2D eigenvalue weighted by Gasteiger charge is -2.22. The molecular weight excluding hydrogens is 262 g/mol. The first kappa shape index (κ1) is 15.9. The van der Waals surface area contributed by atoms with E-state index in [0.29, 0.717) is 6.61 Å². The van der Waals surface area contributed by atoms with E-state index in [1.807, 2.05) is 19.1 Å². The van der Waals surface area contributed by atoms with Crippen LogP contribution >= 0.6 is 0 Å². The van der Waals surface area contributed by atoms with Gasteiger partial charge >= 0.3 is 0 Å². The van der Waals surface area contributed by atoms with Crippen molar-refractivity contribution in [3.8, 4) is 11.5 Å². The molecule has 0 bridgehead atoms. The van der Waals surface area contributed by atoms with Crippen LogP contribution in [0.4, 0.5) is 0 Å². The topological polar surface area (TPSA) is 30.5 Å². The average molecular weight is 289 g/mol. The van der Waals surface area contributed by atoms with Crippen LogP contribution < -0.4 is 14.8 Å². The lowest BCUT2D eigenvalue weighted by Crippen LogP contribution is -2.19. The summed E-state index contributed by atoms with van der Waals surface area (Å²) in [4.78, 5) is 0. The molecule has 3 heteroatoms. The van der Waals surface area contributed by atoms with Crippen LogP contribution in [0.5, 0.6) is 11.5 Å². The molecule has 0 saturated heterocycles. The van der Waals surface area contributed by atoms with Crippen molar-refractivity contribution in [2.24, 2.45) is 0 Å². The van der Waals surface area contributed by atoms with Crippen molar-refractivity contribution in [3.63, 3.8) is 0 Å². The Hall–Kier alpha value is -1.48. The number of ether oxygens (including phenoxy) is 2. The van der Waals surface area contributed by atoms with Crippen LogP contribution in [0.25, 0.3) is 0 Å². The minimum Gasteiger partial charge on any atom is -0.490 e. The summed E-state index contributed by atoms with van der Waals surface area (Å²) in [6.45, 7) is 6.67. The summed E-state index contributed by atoms with van der Waals surface area (Å²) in [7, 11) is 0. The van der Waals surface area contributed by atoms with E-state index in [0.717, 1.165) is 43.9 Å². The molecule has 1 aliphatic carbocycles. The third kappa shape index (κ3) is 4.78. The summed E-state index contributed by atoms with van der Waals surface area (Å²) in [5, 5.41) is 3.44. The van der Waals surface area contributed by atoms with Crippen LogP contribution in [0.1, 0.15) is 45.1 Å². The predicted molar refractivity (Wildman–Crippen MR) is 87.0 cm³/mol. The standard InChI is InChI=1S/C18H27NO2/c1-3-13-19-14-15-9-8-12-17(20-4-2)18(15)21-16-10-6-5-7-11-16/h6,8-10,12,16,19H,3-5,7,11,13-14H2,1-2H3. The Balaban J connectivity index is 2.15. The number of allylic oxidation sites excluding steroid dienone is 1. The first-order valence-electron chi connectivity index (χ1n) is 8.13. The molecule has 3 nitrogen and oxygen atoms in total. The third-order valence-electron chi connectivity index (χ3n) is 3.58. The van der Waals surface area contributed by atoms with Gasteiger partial charge in [-0.25, -0.2) is 0 Å². The molecule has 0 saturated carbocycles. The molecule has 0 amide bonds. The van der Waals surface area contributed by atoms with Gasteiger partial charge in [-0.05, 0) is 51.3 Å². The van der Waals surface area contributed by atoms with Crippen LogP contribution in [0.15, 0.2) is 30.4 Å². The first-order chi connectivity index (χ1) is 10.3. The minimum atomic E-state index is 0.172. The number of hydrogen-bond acceptors (Lipinski definition) is 3. The monoisotopic (exact) mass is 289 g/mol. The minimum absolute atomic E-state index is 0.172. The summed E-state index contributed by atoms with van der Waals surface area (Å²) in [6, 6.07) is 6.15. The number of benzene rings is 1. The highest BCUT2D eigenvalue weighted by Crippen LogP contribution is 2.33. The van der Waals surface area contributed by atoms with Gasteiger partial charge in [0.05, 0.1) is 6.61 Å². The van der Waals surface area contributed by atoms with Gasteiger partial charge in [0.25, 0.3) is 0 Å². The molecule has 1 N–H and O–H groups in total. The van der Waals surface area contributed by atoms with Gasteiger partial charge in [0.1, 0.15) is 6.10 Å². The van der Waals surface area contributed by atoms with Gasteiger partial charge in [-0.3, -0.25) is 0 Å². The summed E-state index contributed by atoms with van der Waals surface area (Å²) in [5.41, 5.74) is 1.17. The summed E-state index contributed by atoms with van der Waals surface area (Å²) in [6.07, 6.45) is 9.14. The molecule has 0 fully saturated rings. The maximum atomic E-state index is 6.25. The Morgan fingerprint density at radius 3 is 2.90 bits per heavy atom. The third-order valence-corrected chi connectivity index (χ3v) is 3.58. The van der Waals surface area contributed by atoms with Crippen LogP contribution in [0, 0.1) is 0 Å². The van der Waals surface area contributed by atoms with Gasteiger partial charge in [-0.15, -0.1) is 0 Å².